The average Bonchev–Trinajstić information content (AvgIpc) is 2.67. The number of sulfone groups is 1. The highest BCUT2D eigenvalue weighted by atomic mass is 32.2. The fraction of sp³-hybridized carbons (Fsp3) is 0.200. The van der Waals surface area contributed by atoms with Crippen molar-refractivity contribution in [3.8, 4) is 5.75 Å². The second-order valence-corrected chi connectivity index (χ2v) is 8.74. The summed E-state index contributed by atoms with van der Waals surface area (Å²) in [4.78, 5) is 11.2. The molecular weight excluding hydrogens is 376 g/mol. The number of hydrogen-bond acceptors (Lipinski definition) is 7. The minimum atomic E-state index is -3.23. The third-order valence-corrected chi connectivity index (χ3v) is 5.77. The second-order valence-electron chi connectivity index (χ2n) is 6.73. The average molecular weight is 396 g/mol. The lowest BCUT2D eigenvalue weighted by Crippen LogP contribution is -2.25. The number of benzene rings is 2. The summed E-state index contributed by atoms with van der Waals surface area (Å²) in [7, 11) is -3.23. The molecule has 4 rings (SSSR count). The topological polar surface area (TPSA) is 95.4 Å². The van der Waals surface area contributed by atoms with Crippen LogP contribution in [0.4, 0.5) is 23.1 Å². The van der Waals surface area contributed by atoms with E-state index >= 15 is 0 Å². The highest BCUT2D eigenvalue weighted by Crippen LogP contribution is 2.35. The second kappa shape index (κ2) is 7.12. The summed E-state index contributed by atoms with van der Waals surface area (Å²) >= 11 is 0. The van der Waals surface area contributed by atoms with Gasteiger partial charge in [-0.1, -0.05) is 6.07 Å². The van der Waals surface area contributed by atoms with E-state index in [2.05, 4.69) is 20.2 Å². The van der Waals surface area contributed by atoms with Gasteiger partial charge in [-0.25, -0.2) is 13.4 Å². The highest BCUT2D eigenvalue weighted by Gasteiger charge is 2.20. The molecule has 0 unspecified atom stereocenters. The maximum Gasteiger partial charge on any atom is 0.229 e. The first-order chi connectivity index (χ1) is 13.4. The molecule has 0 atom stereocenters. The van der Waals surface area contributed by atoms with Gasteiger partial charge in [0, 0.05) is 36.4 Å². The maximum atomic E-state index is 11.6. The number of rotatable bonds is 4. The Kier molecular flexibility index (Phi) is 4.64. The predicted octanol–water partition coefficient (Wildman–Crippen LogP) is 3.41. The van der Waals surface area contributed by atoms with Crippen molar-refractivity contribution < 1.29 is 13.5 Å². The largest absolute Gasteiger partial charge is 0.508 e. The minimum absolute atomic E-state index is 0.226. The van der Waals surface area contributed by atoms with Gasteiger partial charge in [0.05, 0.1) is 4.90 Å². The van der Waals surface area contributed by atoms with Gasteiger partial charge >= 0.3 is 0 Å². The molecule has 0 saturated carbocycles. The van der Waals surface area contributed by atoms with Crippen molar-refractivity contribution in [3.63, 3.8) is 0 Å². The Balaban J connectivity index is 1.60. The molecule has 3 aromatic rings. The van der Waals surface area contributed by atoms with Gasteiger partial charge in [-0.15, -0.1) is 0 Å². The Bertz CT molecular complexity index is 1110. The van der Waals surface area contributed by atoms with Gasteiger partial charge in [-0.05, 0) is 54.8 Å². The quantitative estimate of drug-likeness (QED) is 0.698. The summed E-state index contributed by atoms with van der Waals surface area (Å²) in [6.07, 6.45) is 4.81. The third-order valence-electron chi connectivity index (χ3n) is 4.64. The molecule has 7 nitrogen and oxygen atoms in total. The van der Waals surface area contributed by atoms with Crippen LogP contribution < -0.4 is 10.2 Å². The standard InChI is InChI=1S/C20H20N4O3S/c1-28(26,27)17-8-5-15(6-9-17)22-20-21-11-10-19(23-20)24-12-2-3-14-4-7-16(25)13-18(14)24/h4-11,13,25H,2-3,12H2,1H3,(H,21,22,23). The van der Waals surface area contributed by atoms with Gasteiger partial charge in [0.15, 0.2) is 9.84 Å². The van der Waals surface area contributed by atoms with Crippen molar-refractivity contribution in [3.05, 3.63) is 60.3 Å². The van der Waals surface area contributed by atoms with Gasteiger partial charge in [-0.2, -0.15) is 4.98 Å². The van der Waals surface area contributed by atoms with Crippen molar-refractivity contribution in [2.24, 2.45) is 0 Å². The molecule has 1 aliphatic rings. The molecule has 1 aliphatic heterocycles. The van der Waals surface area contributed by atoms with E-state index in [9.17, 15) is 13.5 Å². The summed E-state index contributed by atoms with van der Waals surface area (Å²) in [6.45, 7) is 0.802. The van der Waals surface area contributed by atoms with E-state index in [0.717, 1.165) is 30.9 Å². The fourth-order valence-corrected chi connectivity index (χ4v) is 3.91. The van der Waals surface area contributed by atoms with Gasteiger partial charge in [0.25, 0.3) is 0 Å². The van der Waals surface area contributed by atoms with E-state index in [0.29, 0.717) is 11.6 Å². The third kappa shape index (κ3) is 3.77. The number of phenols is 1. The SMILES string of the molecule is CS(=O)(=O)c1ccc(Nc2nccc(N3CCCc4ccc(O)cc43)n2)cc1. The monoisotopic (exact) mass is 396 g/mol. The van der Waals surface area contributed by atoms with Crippen LogP contribution in [0.3, 0.4) is 0 Å². The van der Waals surface area contributed by atoms with Crippen molar-refractivity contribution in [2.75, 3.05) is 23.0 Å². The van der Waals surface area contributed by atoms with Crippen molar-refractivity contribution >= 4 is 33.0 Å². The number of nitrogens with zero attached hydrogens (tertiary/aromatic N) is 3. The number of anilines is 4. The molecule has 1 aromatic heterocycles. The molecule has 2 heterocycles. The van der Waals surface area contributed by atoms with Crippen LogP contribution in [0.5, 0.6) is 5.75 Å². The van der Waals surface area contributed by atoms with Gasteiger partial charge in [0.1, 0.15) is 11.6 Å². The first kappa shape index (κ1) is 18.2. The minimum Gasteiger partial charge on any atom is -0.508 e. The molecule has 0 bridgehead atoms. The molecule has 144 valence electrons. The molecule has 0 amide bonds. The van der Waals surface area contributed by atoms with Crippen molar-refractivity contribution in [1.29, 1.82) is 0 Å². The maximum absolute atomic E-state index is 11.6. The summed E-state index contributed by atoms with van der Waals surface area (Å²) in [5.74, 6) is 1.37. The fourth-order valence-electron chi connectivity index (χ4n) is 3.28. The van der Waals surface area contributed by atoms with Crippen LogP contribution in [0.15, 0.2) is 59.6 Å². The van der Waals surface area contributed by atoms with Crippen LogP contribution in [0.1, 0.15) is 12.0 Å². The van der Waals surface area contributed by atoms with E-state index < -0.39 is 9.84 Å². The van der Waals surface area contributed by atoms with E-state index in [-0.39, 0.29) is 10.6 Å². The van der Waals surface area contributed by atoms with Crippen LogP contribution in [0.2, 0.25) is 0 Å². The Hall–Kier alpha value is -3.13. The molecule has 0 fully saturated rings. The molecule has 0 spiro atoms. The molecule has 8 heteroatoms. The summed E-state index contributed by atoms with van der Waals surface area (Å²) in [5.41, 5.74) is 2.82. The van der Waals surface area contributed by atoms with Crippen LogP contribution in [0, 0.1) is 0 Å². The number of aromatic hydroxyl groups is 1. The molecule has 28 heavy (non-hydrogen) atoms. The number of phenolic OH excluding ortho intramolecular Hbond substituents is 1. The summed E-state index contributed by atoms with van der Waals surface area (Å²) in [6, 6.07) is 13.7. The Labute approximate surface area is 163 Å². The van der Waals surface area contributed by atoms with Gasteiger partial charge in [-0.3, -0.25) is 0 Å². The summed E-state index contributed by atoms with van der Waals surface area (Å²) in [5, 5.41) is 13.0. The Morgan fingerprint density at radius 2 is 1.89 bits per heavy atom. The summed E-state index contributed by atoms with van der Waals surface area (Å²) < 4.78 is 23.2. The normalized spacial score (nSPS) is 13.8. The lowest BCUT2D eigenvalue weighted by Gasteiger charge is -2.30. The highest BCUT2D eigenvalue weighted by molar-refractivity contribution is 7.90. The van der Waals surface area contributed by atoms with Crippen LogP contribution in [-0.4, -0.2) is 36.3 Å². The number of aromatic nitrogens is 2. The Morgan fingerprint density at radius 1 is 1.11 bits per heavy atom. The molecule has 0 aliphatic carbocycles. The molecule has 0 saturated heterocycles. The van der Waals surface area contributed by atoms with Gasteiger partial charge in [0.2, 0.25) is 5.95 Å². The molecule has 0 radical (unpaired) electrons. The number of hydrogen-bond donors (Lipinski definition) is 2. The van der Waals surface area contributed by atoms with Crippen LogP contribution >= 0.6 is 0 Å². The zero-order valence-electron chi connectivity index (χ0n) is 15.3. The molecule has 2 aromatic carbocycles. The molecular formula is C20H20N4O3S. The van der Waals surface area contributed by atoms with E-state index in [1.807, 2.05) is 12.1 Å². The zero-order valence-corrected chi connectivity index (χ0v) is 16.1. The smallest absolute Gasteiger partial charge is 0.229 e. The van der Waals surface area contributed by atoms with E-state index in [4.69, 9.17) is 0 Å². The van der Waals surface area contributed by atoms with Crippen molar-refractivity contribution in [1.82, 2.24) is 9.97 Å². The zero-order chi connectivity index (χ0) is 19.7. The van der Waals surface area contributed by atoms with Crippen molar-refractivity contribution in [2.45, 2.75) is 17.7 Å². The van der Waals surface area contributed by atoms with Gasteiger partial charge < -0.3 is 15.3 Å². The Morgan fingerprint density at radius 3 is 2.64 bits per heavy atom. The first-order valence-electron chi connectivity index (χ1n) is 8.90. The number of nitrogens with one attached hydrogen (secondary N) is 1. The van der Waals surface area contributed by atoms with E-state index in [1.54, 1.807) is 42.6 Å². The lowest BCUT2D eigenvalue weighted by molar-refractivity contribution is 0.475. The number of fused-ring (bicyclic) bond motifs is 1. The van der Waals surface area contributed by atoms with Crippen LogP contribution in [-0.2, 0) is 16.3 Å². The van der Waals surface area contributed by atoms with E-state index in [1.165, 1.54) is 11.8 Å². The molecule has 2 N–H and O–H groups in total. The predicted molar refractivity (Wildman–Crippen MR) is 108 cm³/mol. The number of aryl methyl sites for hydroxylation is 1. The first-order valence-corrected chi connectivity index (χ1v) is 10.8. The van der Waals surface area contributed by atoms with Crippen LogP contribution in [0.25, 0.3) is 0 Å². The lowest BCUT2D eigenvalue weighted by atomic mass is 10.0.